The topological polar surface area (TPSA) is 47.3 Å². The van der Waals surface area contributed by atoms with E-state index in [1.165, 1.54) is 31.2 Å². The van der Waals surface area contributed by atoms with E-state index in [0.29, 0.717) is 11.6 Å². The van der Waals surface area contributed by atoms with Crippen molar-refractivity contribution in [3.8, 4) is 6.07 Å². The van der Waals surface area contributed by atoms with Crippen molar-refractivity contribution in [3.63, 3.8) is 0 Å². The molecule has 0 bridgehead atoms. The zero-order valence-corrected chi connectivity index (χ0v) is 12.3. The first-order valence-electron chi connectivity index (χ1n) is 7.60. The van der Waals surface area contributed by atoms with Crippen LogP contribution in [0.15, 0.2) is 24.3 Å². The minimum atomic E-state index is -0.235. The third-order valence-electron chi connectivity index (χ3n) is 4.08. The first-order valence-corrected chi connectivity index (χ1v) is 7.60. The van der Waals surface area contributed by atoms with Crippen molar-refractivity contribution < 1.29 is 5.11 Å². The summed E-state index contributed by atoms with van der Waals surface area (Å²) in [6.45, 7) is 3.91. The van der Waals surface area contributed by atoms with Gasteiger partial charge in [-0.2, -0.15) is 5.26 Å². The number of aliphatic hydroxyl groups is 1. The van der Waals surface area contributed by atoms with Gasteiger partial charge in [-0.05, 0) is 50.4 Å². The Hall–Kier alpha value is -1.37. The first-order chi connectivity index (χ1) is 9.69. The van der Waals surface area contributed by atoms with Gasteiger partial charge in [0.05, 0.1) is 17.7 Å². The van der Waals surface area contributed by atoms with Crippen molar-refractivity contribution in [1.82, 2.24) is 4.90 Å². The molecule has 2 unspecified atom stereocenters. The van der Waals surface area contributed by atoms with Crippen molar-refractivity contribution in [2.75, 3.05) is 6.54 Å². The second-order valence-electron chi connectivity index (χ2n) is 5.87. The summed E-state index contributed by atoms with van der Waals surface area (Å²) in [5.74, 6) is 0. The summed E-state index contributed by atoms with van der Waals surface area (Å²) in [7, 11) is 0. The quantitative estimate of drug-likeness (QED) is 0.916. The number of aliphatic hydroxyl groups excluding tert-OH is 1. The van der Waals surface area contributed by atoms with Crippen LogP contribution in [-0.4, -0.2) is 28.7 Å². The predicted octanol–water partition coefficient (Wildman–Crippen LogP) is 3.07. The van der Waals surface area contributed by atoms with Gasteiger partial charge < -0.3 is 5.11 Å². The second-order valence-corrected chi connectivity index (χ2v) is 5.87. The number of nitriles is 1. The Morgan fingerprint density at radius 3 is 2.70 bits per heavy atom. The van der Waals surface area contributed by atoms with E-state index in [2.05, 4.69) is 11.0 Å². The van der Waals surface area contributed by atoms with Gasteiger partial charge in [0.25, 0.3) is 0 Å². The zero-order chi connectivity index (χ0) is 14.4. The van der Waals surface area contributed by atoms with Gasteiger partial charge in [-0.1, -0.05) is 25.0 Å². The van der Waals surface area contributed by atoms with Gasteiger partial charge in [-0.25, -0.2) is 0 Å². The predicted molar refractivity (Wildman–Crippen MR) is 80.1 cm³/mol. The highest BCUT2D eigenvalue weighted by Crippen LogP contribution is 2.22. The lowest BCUT2D eigenvalue weighted by atomic mass is 10.0. The van der Waals surface area contributed by atoms with Crippen molar-refractivity contribution >= 4 is 0 Å². The van der Waals surface area contributed by atoms with E-state index in [-0.39, 0.29) is 6.10 Å². The normalized spacial score (nSPS) is 21.9. The fraction of sp³-hybridized carbons (Fsp3) is 0.588. The molecule has 0 spiro atoms. The molecular weight excluding hydrogens is 248 g/mol. The van der Waals surface area contributed by atoms with Crippen LogP contribution in [0.25, 0.3) is 0 Å². The molecule has 1 saturated heterocycles. The van der Waals surface area contributed by atoms with E-state index in [1.54, 1.807) is 0 Å². The Labute approximate surface area is 121 Å². The van der Waals surface area contributed by atoms with Crippen LogP contribution in [0.5, 0.6) is 0 Å². The van der Waals surface area contributed by atoms with E-state index in [1.807, 2.05) is 31.2 Å². The Balaban J connectivity index is 2.04. The van der Waals surface area contributed by atoms with E-state index < -0.39 is 0 Å². The van der Waals surface area contributed by atoms with Crippen molar-refractivity contribution in [3.05, 3.63) is 35.4 Å². The van der Waals surface area contributed by atoms with Crippen LogP contribution in [0.3, 0.4) is 0 Å². The number of hydrogen-bond donors (Lipinski definition) is 1. The molecule has 0 saturated carbocycles. The van der Waals surface area contributed by atoms with E-state index in [9.17, 15) is 5.11 Å². The summed E-state index contributed by atoms with van der Waals surface area (Å²) in [4.78, 5) is 2.50. The summed E-state index contributed by atoms with van der Waals surface area (Å²) in [5, 5.41) is 18.5. The maximum Gasteiger partial charge on any atom is 0.0991 e. The lowest BCUT2D eigenvalue weighted by molar-refractivity contribution is 0.108. The Kier molecular flexibility index (Phi) is 5.58. The van der Waals surface area contributed by atoms with Crippen molar-refractivity contribution in [2.45, 2.75) is 57.7 Å². The number of hydrogen-bond acceptors (Lipinski definition) is 3. The molecule has 0 aromatic heterocycles. The Morgan fingerprint density at radius 2 is 2.05 bits per heavy atom. The molecule has 0 aliphatic carbocycles. The molecule has 2 rings (SSSR count). The number of benzene rings is 1. The molecule has 1 N–H and O–H groups in total. The molecule has 20 heavy (non-hydrogen) atoms. The summed E-state index contributed by atoms with van der Waals surface area (Å²) in [6.07, 6.45) is 5.60. The van der Waals surface area contributed by atoms with Crippen LogP contribution in [-0.2, 0) is 6.54 Å². The zero-order valence-electron chi connectivity index (χ0n) is 12.3. The molecule has 0 amide bonds. The number of rotatable bonds is 4. The second kappa shape index (κ2) is 7.42. The van der Waals surface area contributed by atoms with Gasteiger partial charge >= 0.3 is 0 Å². The molecule has 0 radical (unpaired) electrons. The molecule has 1 aromatic rings. The molecule has 1 fully saturated rings. The molecule has 108 valence electrons. The largest absolute Gasteiger partial charge is 0.393 e. The summed E-state index contributed by atoms with van der Waals surface area (Å²) in [6, 6.07) is 10.5. The van der Waals surface area contributed by atoms with Crippen LogP contribution < -0.4 is 0 Å². The van der Waals surface area contributed by atoms with Crippen LogP contribution in [0.1, 0.15) is 50.2 Å². The minimum Gasteiger partial charge on any atom is -0.393 e. The fourth-order valence-electron chi connectivity index (χ4n) is 3.02. The highest BCUT2D eigenvalue weighted by molar-refractivity contribution is 5.31. The SMILES string of the molecule is CC(O)CC1CCCCCN1Cc1ccc(C#N)cc1. The van der Waals surface area contributed by atoms with Crippen molar-refractivity contribution in [2.24, 2.45) is 0 Å². The summed E-state index contributed by atoms with van der Waals surface area (Å²) >= 11 is 0. The average Bonchev–Trinajstić information content (AvgIpc) is 2.65. The maximum absolute atomic E-state index is 9.69. The lowest BCUT2D eigenvalue weighted by Crippen LogP contribution is -2.36. The highest BCUT2D eigenvalue weighted by atomic mass is 16.3. The minimum absolute atomic E-state index is 0.235. The van der Waals surface area contributed by atoms with E-state index >= 15 is 0 Å². The summed E-state index contributed by atoms with van der Waals surface area (Å²) < 4.78 is 0. The van der Waals surface area contributed by atoms with Crippen LogP contribution >= 0.6 is 0 Å². The highest BCUT2D eigenvalue weighted by Gasteiger charge is 2.22. The average molecular weight is 272 g/mol. The molecule has 1 aliphatic rings. The van der Waals surface area contributed by atoms with Gasteiger partial charge in [0.2, 0.25) is 0 Å². The maximum atomic E-state index is 9.69. The van der Waals surface area contributed by atoms with Gasteiger partial charge in [-0.3, -0.25) is 4.90 Å². The standard InChI is InChI=1S/C17H24N2O/c1-14(20)11-17-5-3-2-4-10-19(17)13-16-8-6-15(12-18)7-9-16/h6-9,14,17,20H,2-5,10-11,13H2,1H3. The summed E-state index contributed by atoms with van der Waals surface area (Å²) in [5.41, 5.74) is 1.96. The van der Waals surface area contributed by atoms with E-state index in [4.69, 9.17) is 5.26 Å². The van der Waals surface area contributed by atoms with Crippen molar-refractivity contribution in [1.29, 1.82) is 5.26 Å². The van der Waals surface area contributed by atoms with Gasteiger partial charge in [0.1, 0.15) is 0 Å². The van der Waals surface area contributed by atoms with Crippen LogP contribution in [0.4, 0.5) is 0 Å². The Bertz CT molecular complexity index is 447. The number of nitrogens with zero attached hydrogens (tertiary/aromatic N) is 2. The van der Waals surface area contributed by atoms with E-state index in [0.717, 1.165) is 19.5 Å². The first kappa shape index (κ1) is 15.0. The molecular formula is C17H24N2O. The molecule has 1 heterocycles. The monoisotopic (exact) mass is 272 g/mol. The third-order valence-corrected chi connectivity index (χ3v) is 4.08. The molecule has 1 aromatic carbocycles. The molecule has 2 atom stereocenters. The molecule has 3 nitrogen and oxygen atoms in total. The Morgan fingerprint density at radius 1 is 1.30 bits per heavy atom. The van der Waals surface area contributed by atoms with Crippen LogP contribution in [0.2, 0.25) is 0 Å². The molecule has 3 heteroatoms. The third kappa shape index (κ3) is 4.33. The fourth-order valence-corrected chi connectivity index (χ4v) is 3.02. The van der Waals surface area contributed by atoms with Gasteiger partial charge in [0.15, 0.2) is 0 Å². The molecule has 1 aliphatic heterocycles. The number of likely N-dealkylation sites (tertiary alicyclic amines) is 1. The van der Waals surface area contributed by atoms with Crippen LogP contribution in [0, 0.1) is 11.3 Å². The lowest BCUT2D eigenvalue weighted by Gasteiger charge is -2.31. The van der Waals surface area contributed by atoms with Gasteiger partial charge in [-0.15, -0.1) is 0 Å². The van der Waals surface area contributed by atoms with Gasteiger partial charge in [0, 0.05) is 12.6 Å². The smallest absolute Gasteiger partial charge is 0.0991 e.